The van der Waals surface area contributed by atoms with Crippen molar-refractivity contribution in [1.29, 1.82) is 0 Å². The zero-order chi connectivity index (χ0) is 14.4. The predicted octanol–water partition coefficient (Wildman–Crippen LogP) is 3.62. The second-order valence-corrected chi connectivity index (χ2v) is 6.47. The van der Waals surface area contributed by atoms with Crippen LogP contribution in [0.5, 0.6) is 0 Å². The van der Waals surface area contributed by atoms with Gasteiger partial charge in [0.05, 0.1) is 12.0 Å². The molecule has 0 radical (unpaired) electrons. The van der Waals surface area contributed by atoms with Crippen LogP contribution in [-0.4, -0.2) is 17.6 Å². The van der Waals surface area contributed by atoms with E-state index in [0.29, 0.717) is 12.5 Å². The molecule has 0 spiro atoms. The van der Waals surface area contributed by atoms with E-state index in [1.165, 1.54) is 22.2 Å². The van der Waals surface area contributed by atoms with Gasteiger partial charge in [-0.2, -0.15) is 0 Å². The molecule has 0 amide bonds. The summed E-state index contributed by atoms with van der Waals surface area (Å²) in [5.41, 5.74) is 3.61. The van der Waals surface area contributed by atoms with Crippen molar-refractivity contribution in [2.24, 2.45) is 11.3 Å². The molecule has 0 bridgehead atoms. The molecule has 0 unspecified atom stereocenters. The minimum absolute atomic E-state index is 0.0310. The number of para-hydroxylation sites is 1. The average Bonchev–Trinajstić information content (AvgIpc) is 3.06. The van der Waals surface area contributed by atoms with Gasteiger partial charge in [-0.15, -0.1) is 0 Å². The number of fused-ring (bicyclic) bond motifs is 4. The number of aromatic nitrogens is 1. The number of carbonyl (C=O) groups is 1. The largest absolute Gasteiger partial charge is 0.466 e. The zero-order valence-electron chi connectivity index (χ0n) is 12.4. The summed E-state index contributed by atoms with van der Waals surface area (Å²) in [6.45, 7) is 2.38. The van der Waals surface area contributed by atoms with E-state index in [1.54, 1.807) is 0 Å². The van der Waals surface area contributed by atoms with Gasteiger partial charge in [0.15, 0.2) is 0 Å². The summed E-state index contributed by atoms with van der Waals surface area (Å²) in [5, 5.41) is 1.28. The Hall–Kier alpha value is -1.77. The molecule has 0 aliphatic heterocycles. The van der Waals surface area contributed by atoms with Crippen LogP contribution in [0.3, 0.4) is 0 Å². The van der Waals surface area contributed by atoms with Crippen molar-refractivity contribution in [1.82, 2.24) is 4.98 Å². The molecule has 4 rings (SSSR count). The summed E-state index contributed by atoms with van der Waals surface area (Å²) in [4.78, 5) is 16.2. The van der Waals surface area contributed by atoms with Gasteiger partial charge in [-0.3, -0.25) is 4.79 Å². The topological polar surface area (TPSA) is 42.1 Å². The fourth-order valence-corrected chi connectivity index (χ4v) is 4.48. The van der Waals surface area contributed by atoms with Crippen molar-refractivity contribution < 1.29 is 9.53 Å². The molecule has 2 aromatic rings. The Morgan fingerprint density at radius 3 is 3.14 bits per heavy atom. The number of esters is 1. The molecular formula is C18H21NO2. The lowest BCUT2D eigenvalue weighted by molar-refractivity contribution is -0.158. The summed E-state index contributed by atoms with van der Waals surface area (Å²) in [7, 11) is 0. The number of ether oxygens (including phenoxy) is 1. The van der Waals surface area contributed by atoms with Gasteiger partial charge in [0.2, 0.25) is 0 Å². The first-order chi connectivity index (χ1) is 10.2. The Morgan fingerprint density at radius 1 is 1.43 bits per heavy atom. The van der Waals surface area contributed by atoms with Gasteiger partial charge in [-0.1, -0.05) is 24.6 Å². The minimum Gasteiger partial charge on any atom is -0.466 e. The number of carbonyl (C=O) groups excluding carboxylic acids is 1. The fraction of sp³-hybridized carbons (Fsp3) is 0.500. The highest BCUT2D eigenvalue weighted by atomic mass is 16.5. The van der Waals surface area contributed by atoms with Crippen LogP contribution < -0.4 is 0 Å². The van der Waals surface area contributed by atoms with Gasteiger partial charge in [0.1, 0.15) is 0 Å². The minimum atomic E-state index is -0.270. The van der Waals surface area contributed by atoms with Gasteiger partial charge in [-0.25, -0.2) is 0 Å². The maximum Gasteiger partial charge on any atom is 0.312 e. The summed E-state index contributed by atoms with van der Waals surface area (Å²) in [5.74, 6) is 0.473. The quantitative estimate of drug-likeness (QED) is 0.855. The molecule has 1 saturated carbocycles. The van der Waals surface area contributed by atoms with Gasteiger partial charge in [0, 0.05) is 16.6 Å². The van der Waals surface area contributed by atoms with Crippen LogP contribution in [-0.2, 0) is 22.4 Å². The molecule has 2 aliphatic rings. The molecule has 1 heterocycles. The monoisotopic (exact) mass is 283 g/mol. The maximum absolute atomic E-state index is 12.6. The number of hydrogen-bond donors (Lipinski definition) is 1. The SMILES string of the molecule is CCOC(=O)[C@@]12CCC[C@H]1Cc1[nH]c3ccccc3c1C2. The summed E-state index contributed by atoms with van der Waals surface area (Å²) in [6, 6.07) is 8.43. The number of rotatable bonds is 2. The third-order valence-electron chi connectivity index (χ3n) is 5.48. The zero-order valence-corrected chi connectivity index (χ0v) is 12.4. The van der Waals surface area contributed by atoms with E-state index in [2.05, 4.69) is 29.2 Å². The third-order valence-corrected chi connectivity index (χ3v) is 5.48. The Morgan fingerprint density at radius 2 is 2.29 bits per heavy atom. The first kappa shape index (κ1) is 12.9. The Labute approximate surface area is 124 Å². The molecule has 3 nitrogen and oxygen atoms in total. The second-order valence-electron chi connectivity index (χ2n) is 6.47. The van der Waals surface area contributed by atoms with Crippen LogP contribution in [0.2, 0.25) is 0 Å². The standard InChI is InChI=1S/C18H21NO2/c1-2-21-17(20)18-9-5-6-12(18)10-16-14(11-18)13-7-3-4-8-15(13)19-16/h3-4,7-8,12,19H,2,5-6,9-11H2,1H3/t12-,18+/m0/s1. The van der Waals surface area contributed by atoms with Gasteiger partial charge >= 0.3 is 5.97 Å². The number of benzene rings is 1. The second kappa shape index (κ2) is 4.62. The molecule has 1 aromatic heterocycles. The molecule has 1 N–H and O–H groups in total. The smallest absolute Gasteiger partial charge is 0.312 e. The number of nitrogens with one attached hydrogen (secondary N) is 1. The highest BCUT2D eigenvalue weighted by Crippen LogP contribution is 2.52. The van der Waals surface area contributed by atoms with E-state index in [9.17, 15) is 4.79 Å². The van der Waals surface area contributed by atoms with Crippen molar-refractivity contribution in [3.05, 3.63) is 35.5 Å². The Kier molecular flexibility index (Phi) is 2.84. The highest BCUT2D eigenvalue weighted by Gasteiger charge is 2.52. The molecular weight excluding hydrogens is 262 g/mol. The van der Waals surface area contributed by atoms with Crippen molar-refractivity contribution in [2.45, 2.75) is 39.0 Å². The van der Waals surface area contributed by atoms with Crippen LogP contribution in [0.15, 0.2) is 24.3 Å². The molecule has 21 heavy (non-hydrogen) atoms. The third kappa shape index (κ3) is 1.76. The molecule has 2 aliphatic carbocycles. The van der Waals surface area contributed by atoms with Crippen molar-refractivity contribution in [3.63, 3.8) is 0 Å². The predicted molar refractivity (Wildman–Crippen MR) is 82.1 cm³/mol. The number of H-pyrrole nitrogens is 1. The first-order valence-electron chi connectivity index (χ1n) is 8.00. The first-order valence-corrected chi connectivity index (χ1v) is 8.00. The Bertz CT molecular complexity index is 702. The van der Waals surface area contributed by atoms with Crippen LogP contribution in [0, 0.1) is 11.3 Å². The fourth-order valence-electron chi connectivity index (χ4n) is 4.48. The average molecular weight is 283 g/mol. The summed E-state index contributed by atoms with van der Waals surface area (Å²) < 4.78 is 5.44. The van der Waals surface area contributed by atoms with Crippen LogP contribution >= 0.6 is 0 Å². The number of aromatic amines is 1. The molecule has 1 fully saturated rings. The van der Waals surface area contributed by atoms with Gasteiger partial charge in [-0.05, 0) is 50.2 Å². The lowest BCUT2D eigenvalue weighted by Crippen LogP contribution is -2.42. The molecule has 0 saturated heterocycles. The van der Waals surface area contributed by atoms with E-state index in [4.69, 9.17) is 4.74 Å². The van der Waals surface area contributed by atoms with Gasteiger partial charge in [0.25, 0.3) is 0 Å². The van der Waals surface area contributed by atoms with Crippen LogP contribution in [0.25, 0.3) is 10.9 Å². The molecule has 110 valence electrons. The lowest BCUT2D eigenvalue weighted by atomic mass is 9.67. The normalized spacial score (nSPS) is 27.4. The lowest BCUT2D eigenvalue weighted by Gasteiger charge is -2.37. The highest BCUT2D eigenvalue weighted by molar-refractivity contribution is 5.87. The van der Waals surface area contributed by atoms with Crippen molar-refractivity contribution >= 4 is 16.9 Å². The van der Waals surface area contributed by atoms with E-state index >= 15 is 0 Å². The molecule has 1 aromatic carbocycles. The van der Waals surface area contributed by atoms with Crippen LogP contribution in [0.1, 0.15) is 37.4 Å². The van der Waals surface area contributed by atoms with Crippen LogP contribution in [0.4, 0.5) is 0 Å². The van der Waals surface area contributed by atoms with E-state index in [1.807, 2.05) is 6.92 Å². The molecule has 3 heteroatoms. The van der Waals surface area contributed by atoms with Gasteiger partial charge < -0.3 is 9.72 Å². The maximum atomic E-state index is 12.6. The summed E-state index contributed by atoms with van der Waals surface area (Å²) in [6.07, 6.45) is 5.10. The Balaban J connectivity index is 1.82. The number of hydrogen-bond acceptors (Lipinski definition) is 2. The summed E-state index contributed by atoms with van der Waals surface area (Å²) >= 11 is 0. The van der Waals surface area contributed by atoms with E-state index in [0.717, 1.165) is 32.1 Å². The van der Waals surface area contributed by atoms with E-state index in [-0.39, 0.29) is 11.4 Å². The van der Waals surface area contributed by atoms with E-state index < -0.39 is 0 Å². The van der Waals surface area contributed by atoms with Crippen molar-refractivity contribution in [3.8, 4) is 0 Å². The molecule has 2 atom stereocenters. The van der Waals surface area contributed by atoms with Crippen molar-refractivity contribution in [2.75, 3.05) is 6.61 Å².